The lowest BCUT2D eigenvalue weighted by Gasteiger charge is -2.43. The van der Waals surface area contributed by atoms with Crippen LogP contribution in [0.3, 0.4) is 0 Å². The fourth-order valence-corrected chi connectivity index (χ4v) is 17.6. The fraction of sp³-hybridized carbons (Fsp3) is 0. The minimum absolute atomic E-state index is 0.209. The number of thiophene rings is 2. The molecule has 6 nitrogen and oxygen atoms in total. The first-order valence-electron chi connectivity index (χ1n) is 30.2. The summed E-state index contributed by atoms with van der Waals surface area (Å²) in [6.45, 7) is 0. The van der Waals surface area contributed by atoms with Gasteiger partial charge in [0.1, 0.15) is 23.3 Å². The minimum Gasteiger partial charge on any atom is -0.396 e. The number of hydrogen-bond donors (Lipinski definition) is 1. The van der Waals surface area contributed by atoms with E-state index in [1.165, 1.54) is 10.8 Å². The molecule has 17 aromatic rings. The average Bonchev–Trinajstić information content (AvgIpc) is 1.36. The normalized spacial score (nSPS) is 12.9. The van der Waals surface area contributed by atoms with E-state index < -0.39 is 0 Å². The first-order valence-corrected chi connectivity index (χ1v) is 31.8. The molecule has 0 saturated carbocycles. The van der Waals surface area contributed by atoms with Gasteiger partial charge in [-0.25, -0.2) is 0 Å². The predicted molar refractivity (Wildman–Crippen MR) is 378 cm³/mol. The lowest BCUT2D eigenvalue weighted by molar-refractivity contribution is 1.07. The van der Waals surface area contributed by atoms with Crippen LogP contribution in [-0.4, -0.2) is 9.13 Å². The average molecular weight is 1180 g/mol. The molecule has 0 spiro atoms. The van der Waals surface area contributed by atoms with E-state index in [1.54, 1.807) is 22.7 Å². The Bertz CT molecular complexity index is 6150. The van der Waals surface area contributed by atoms with Crippen LogP contribution in [0.4, 0.5) is 17.1 Å². The lowest BCUT2D eigenvalue weighted by atomic mass is 9.75. The molecule has 2 bridgehead atoms. The van der Waals surface area contributed by atoms with Crippen LogP contribution in [0, 0.1) is 22.7 Å². The van der Waals surface area contributed by atoms with Crippen LogP contribution in [0.2, 0.25) is 0 Å². The Balaban J connectivity index is 0.998. The summed E-state index contributed by atoms with van der Waals surface area (Å²) in [5.74, 6) is 0. The maximum Gasteiger partial charge on any atom is 0.104 e. The van der Waals surface area contributed by atoms with E-state index in [-0.39, 0.29) is 11.3 Å². The number of rotatable bonds is 7. The van der Waals surface area contributed by atoms with Gasteiger partial charge in [0, 0.05) is 63.6 Å². The summed E-state index contributed by atoms with van der Waals surface area (Å²) in [6, 6.07) is 98.5. The van der Waals surface area contributed by atoms with Gasteiger partial charge in [0.15, 0.2) is 0 Å². The number of nitrogens with two attached hydrogens (primary N) is 1. The number of benzene rings is 13. The van der Waals surface area contributed by atoms with Gasteiger partial charge in [0.05, 0.1) is 65.6 Å². The molecule has 0 saturated heterocycles. The largest absolute Gasteiger partial charge is 0.396 e. The number of allylic oxidation sites excluding steroid dienone is 3. The smallest absolute Gasteiger partial charge is 0.104 e. The number of para-hydroxylation sites is 2. The number of hydrogen-bond acceptors (Lipinski definition) is 6. The number of nitriles is 2. The fourth-order valence-electron chi connectivity index (χ4n) is 15.1. The second-order valence-electron chi connectivity index (χ2n) is 23.3. The molecule has 90 heavy (non-hydrogen) atoms. The first-order chi connectivity index (χ1) is 44.6. The SMILES string of the molecule is N#Cc1c(N2C3=C(c4ccccc4-c4ccccc4)C(=C3)c3ccc4c(sc5ccccc54)c32)c(N)c(C#N)c(-n2c3cccc(-c4ccccc4-c4cccc5ccccc45)c3c3ccc4c5ccccc5sc4c32)c1-n1c2ccccc2c2ccccc21. The summed E-state index contributed by atoms with van der Waals surface area (Å²) in [5, 5.41) is 36.4. The zero-order valence-electron chi connectivity index (χ0n) is 48.0. The third-order valence-electron chi connectivity index (χ3n) is 18.9. The van der Waals surface area contributed by atoms with Crippen molar-refractivity contribution in [3.05, 3.63) is 295 Å². The molecular formula is C82H46N6S2. The molecule has 0 atom stereocenters. The predicted octanol–water partition coefficient (Wildman–Crippen LogP) is 22.1. The van der Waals surface area contributed by atoms with E-state index in [2.05, 4.69) is 293 Å². The van der Waals surface area contributed by atoms with Gasteiger partial charge in [0.25, 0.3) is 0 Å². The molecule has 2 N–H and O–H groups in total. The number of fused-ring (bicyclic) bond motifs is 18. The Morgan fingerprint density at radius 3 is 1.58 bits per heavy atom. The second-order valence-corrected chi connectivity index (χ2v) is 25.5. The highest BCUT2D eigenvalue weighted by atomic mass is 32.1. The Labute approximate surface area is 524 Å². The molecule has 4 aromatic heterocycles. The van der Waals surface area contributed by atoms with Gasteiger partial charge >= 0.3 is 0 Å². The van der Waals surface area contributed by atoms with Crippen molar-refractivity contribution in [2.45, 2.75) is 0 Å². The standard InChI is InChI=1S/C82H46N6S2/c83-45-65-75(85)76(88-70-44-64(74(70)58-32-9-6-25-50(58)47-20-2-1-3-21-47)60-40-41-61-56-30-12-16-38-71(56)89-81(61)79(60)88)66(46-84)78(86-67-35-14-10-28-54(67)55-29-11-15-36-68(55)86)77(65)87-69-37-19-34-59(53-27-8-7-26-52(53)51-33-18-23-48-22-4-5-24-49(48)51)73(69)63-43-42-62-57-31-13-17-39-72(57)90-82(62)80(63)87/h1-44H,85H2. The van der Waals surface area contributed by atoms with Crippen molar-refractivity contribution in [1.82, 2.24) is 9.13 Å². The molecule has 5 heterocycles. The third-order valence-corrected chi connectivity index (χ3v) is 21.3. The summed E-state index contributed by atoms with van der Waals surface area (Å²) in [6.07, 6.45) is 2.25. The van der Waals surface area contributed by atoms with E-state index in [9.17, 15) is 10.5 Å². The molecule has 416 valence electrons. The van der Waals surface area contributed by atoms with Gasteiger partial charge in [0.2, 0.25) is 0 Å². The summed E-state index contributed by atoms with van der Waals surface area (Å²) in [7, 11) is 0. The van der Waals surface area contributed by atoms with Gasteiger partial charge in [-0.3, -0.25) is 0 Å². The second kappa shape index (κ2) is 19.1. The third kappa shape index (κ3) is 6.83. The van der Waals surface area contributed by atoms with Crippen LogP contribution in [0.5, 0.6) is 0 Å². The Morgan fingerprint density at radius 1 is 0.344 bits per heavy atom. The molecule has 1 aliphatic heterocycles. The van der Waals surface area contributed by atoms with Crippen molar-refractivity contribution in [3.63, 3.8) is 0 Å². The Morgan fingerprint density at radius 2 is 0.856 bits per heavy atom. The number of aromatic nitrogens is 2. The first kappa shape index (κ1) is 50.4. The van der Waals surface area contributed by atoms with Crippen LogP contribution >= 0.6 is 22.7 Å². The van der Waals surface area contributed by atoms with Crippen molar-refractivity contribution in [3.8, 4) is 56.9 Å². The van der Waals surface area contributed by atoms with Gasteiger partial charge in [-0.1, -0.05) is 231 Å². The molecule has 0 fully saturated rings. The van der Waals surface area contributed by atoms with Crippen molar-refractivity contribution in [1.29, 1.82) is 10.5 Å². The zero-order valence-corrected chi connectivity index (χ0v) is 49.7. The van der Waals surface area contributed by atoms with Crippen LogP contribution in [0.1, 0.15) is 22.3 Å². The number of nitrogen functional groups attached to an aromatic ring is 1. The number of anilines is 3. The quantitative estimate of drug-likeness (QED) is 0.161. The highest BCUT2D eigenvalue weighted by Gasteiger charge is 2.43. The Kier molecular flexibility index (Phi) is 10.7. The summed E-state index contributed by atoms with van der Waals surface area (Å²) >= 11 is 3.50. The van der Waals surface area contributed by atoms with Crippen molar-refractivity contribution >= 4 is 146 Å². The summed E-state index contributed by atoms with van der Waals surface area (Å²) in [5.41, 5.74) is 26.7. The van der Waals surface area contributed by atoms with E-state index in [0.29, 0.717) is 22.6 Å². The van der Waals surface area contributed by atoms with Gasteiger partial charge in [-0.15, -0.1) is 22.7 Å². The topological polar surface area (TPSA) is 86.7 Å². The Hall–Kier alpha value is -11.8. The molecule has 0 radical (unpaired) electrons. The minimum atomic E-state index is 0.209. The monoisotopic (exact) mass is 1180 g/mol. The molecular weight excluding hydrogens is 1130 g/mol. The van der Waals surface area contributed by atoms with Crippen LogP contribution in [0.25, 0.3) is 151 Å². The van der Waals surface area contributed by atoms with E-state index in [4.69, 9.17) is 5.73 Å². The maximum atomic E-state index is 12.9. The van der Waals surface area contributed by atoms with Crippen molar-refractivity contribution in [2.75, 3.05) is 10.6 Å². The van der Waals surface area contributed by atoms with Crippen LogP contribution in [0.15, 0.2) is 273 Å². The van der Waals surface area contributed by atoms with E-state index >= 15 is 0 Å². The zero-order chi connectivity index (χ0) is 59.5. The maximum absolute atomic E-state index is 12.9. The summed E-state index contributed by atoms with van der Waals surface area (Å²) < 4.78 is 8.99. The van der Waals surface area contributed by atoms with Crippen LogP contribution in [-0.2, 0) is 0 Å². The molecule has 1 aliphatic carbocycles. The van der Waals surface area contributed by atoms with Gasteiger partial charge in [-0.05, 0) is 91.7 Å². The molecule has 0 amide bonds. The molecule has 2 aliphatic rings. The lowest BCUT2D eigenvalue weighted by Crippen LogP contribution is -2.30. The summed E-state index contributed by atoms with van der Waals surface area (Å²) in [4.78, 5) is 2.26. The molecule has 19 rings (SSSR count). The highest BCUT2D eigenvalue weighted by molar-refractivity contribution is 7.27. The van der Waals surface area contributed by atoms with E-state index in [0.717, 1.165) is 151 Å². The van der Waals surface area contributed by atoms with Crippen molar-refractivity contribution < 1.29 is 0 Å². The highest BCUT2D eigenvalue weighted by Crippen LogP contribution is 2.62. The number of nitrogens with zero attached hydrogens (tertiary/aromatic N) is 5. The molecule has 8 heteroatoms. The van der Waals surface area contributed by atoms with Gasteiger partial charge in [-0.2, -0.15) is 10.5 Å². The van der Waals surface area contributed by atoms with E-state index in [1.807, 2.05) is 0 Å². The van der Waals surface area contributed by atoms with Gasteiger partial charge < -0.3 is 19.8 Å². The molecule has 13 aromatic carbocycles. The van der Waals surface area contributed by atoms with Crippen molar-refractivity contribution in [2.24, 2.45) is 0 Å². The van der Waals surface area contributed by atoms with Crippen LogP contribution < -0.4 is 10.6 Å². The molecule has 0 unspecified atom stereocenters.